The van der Waals surface area contributed by atoms with Crippen LogP contribution in [0, 0.1) is 0 Å². The van der Waals surface area contributed by atoms with Gasteiger partial charge in [0.2, 0.25) is 0 Å². The van der Waals surface area contributed by atoms with Gasteiger partial charge >= 0.3 is 5.51 Å². The van der Waals surface area contributed by atoms with Crippen molar-refractivity contribution in [3.63, 3.8) is 0 Å². The van der Waals surface area contributed by atoms with Gasteiger partial charge in [-0.3, -0.25) is 0 Å². The maximum Gasteiger partial charge on any atom is 0.445 e. The van der Waals surface area contributed by atoms with Crippen LogP contribution in [-0.4, -0.2) is 12.6 Å². The Morgan fingerprint density at radius 3 is 2.42 bits per heavy atom. The maximum atomic E-state index is 12.0. The van der Waals surface area contributed by atoms with Crippen LogP contribution in [0.4, 0.5) is 13.2 Å². The van der Waals surface area contributed by atoms with Gasteiger partial charge in [-0.05, 0) is 57.8 Å². The summed E-state index contributed by atoms with van der Waals surface area (Å²) in [5, 5.41) is 2.99. The van der Waals surface area contributed by atoms with Gasteiger partial charge in [0.25, 0.3) is 0 Å². The first-order chi connectivity index (χ1) is 8.98. The van der Waals surface area contributed by atoms with E-state index in [1.807, 2.05) is 30.3 Å². The van der Waals surface area contributed by atoms with Gasteiger partial charge in [-0.15, -0.1) is 0 Å². The fourth-order valence-electron chi connectivity index (χ4n) is 1.66. The molecule has 0 N–H and O–H groups in total. The zero-order valence-corrected chi connectivity index (χ0v) is 10.9. The molecule has 0 aliphatic carbocycles. The second kappa shape index (κ2) is 5.57. The highest BCUT2D eigenvalue weighted by molar-refractivity contribution is 8.03. The van der Waals surface area contributed by atoms with E-state index in [1.54, 1.807) is 13.2 Å². The molecule has 0 unspecified atom stereocenters. The van der Waals surface area contributed by atoms with Crippen LogP contribution in [0.25, 0.3) is 16.8 Å². The molecule has 0 amide bonds. The van der Waals surface area contributed by atoms with Crippen molar-refractivity contribution >= 4 is 28.6 Å². The first-order valence-electron chi connectivity index (χ1n) is 5.47. The van der Waals surface area contributed by atoms with Crippen LogP contribution in [0.2, 0.25) is 0 Å². The van der Waals surface area contributed by atoms with Gasteiger partial charge < -0.3 is 4.74 Å². The van der Waals surface area contributed by atoms with Crippen LogP contribution >= 0.6 is 11.8 Å². The molecular formula is C14H11F3OS. The van der Waals surface area contributed by atoms with Crippen LogP contribution in [0.3, 0.4) is 0 Å². The summed E-state index contributed by atoms with van der Waals surface area (Å²) < 4.78 is 41.1. The number of thioether (sulfide) groups is 1. The molecule has 0 fully saturated rings. The average Bonchev–Trinajstić information content (AvgIpc) is 2.36. The number of halogens is 3. The molecule has 2 aromatic carbocycles. The summed E-state index contributed by atoms with van der Waals surface area (Å²) >= 11 is -0.161. The van der Waals surface area contributed by atoms with Gasteiger partial charge in [0, 0.05) is 0 Å². The van der Waals surface area contributed by atoms with E-state index in [1.165, 1.54) is 6.08 Å². The van der Waals surface area contributed by atoms with Crippen molar-refractivity contribution in [2.75, 3.05) is 7.11 Å². The SMILES string of the molecule is COc1ccc2cc(/C=C/SC(F)(F)F)ccc2c1. The van der Waals surface area contributed by atoms with Crippen molar-refractivity contribution in [3.05, 3.63) is 47.4 Å². The summed E-state index contributed by atoms with van der Waals surface area (Å²) in [6.45, 7) is 0. The van der Waals surface area contributed by atoms with Crippen LogP contribution in [-0.2, 0) is 0 Å². The minimum absolute atomic E-state index is 0.161. The smallest absolute Gasteiger partial charge is 0.445 e. The Labute approximate surface area is 113 Å². The number of fused-ring (bicyclic) bond motifs is 1. The molecule has 0 spiro atoms. The number of benzene rings is 2. The maximum absolute atomic E-state index is 12.0. The van der Waals surface area contributed by atoms with E-state index >= 15 is 0 Å². The predicted molar refractivity (Wildman–Crippen MR) is 73.2 cm³/mol. The summed E-state index contributed by atoms with van der Waals surface area (Å²) in [4.78, 5) is 0. The van der Waals surface area contributed by atoms with Crippen molar-refractivity contribution < 1.29 is 17.9 Å². The Bertz CT molecular complexity index is 605. The Balaban J connectivity index is 2.22. The third-order valence-corrected chi connectivity index (χ3v) is 3.07. The quantitative estimate of drug-likeness (QED) is 0.778. The monoisotopic (exact) mass is 284 g/mol. The van der Waals surface area contributed by atoms with Crippen molar-refractivity contribution in [1.29, 1.82) is 0 Å². The third kappa shape index (κ3) is 3.92. The topological polar surface area (TPSA) is 9.23 Å². The molecule has 1 nitrogen and oxygen atoms in total. The van der Waals surface area contributed by atoms with Crippen molar-refractivity contribution in [2.24, 2.45) is 0 Å². The summed E-state index contributed by atoms with van der Waals surface area (Å²) in [6, 6.07) is 11.0. The van der Waals surface area contributed by atoms with E-state index in [9.17, 15) is 13.2 Å². The Hall–Kier alpha value is -1.62. The molecule has 19 heavy (non-hydrogen) atoms. The second-order valence-corrected chi connectivity index (χ2v) is 4.81. The number of methoxy groups -OCH3 is 1. The van der Waals surface area contributed by atoms with Crippen LogP contribution < -0.4 is 4.74 Å². The number of hydrogen-bond donors (Lipinski definition) is 0. The largest absolute Gasteiger partial charge is 0.497 e. The summed E-state index contributed by atoms with van der Waals surface area (Å²) in [6.07, 6.45) is 1.45. The molecule has 5 heteroatoms. The Morgan fingerprint density at radius 1 is 1.05 bits per heavy atom. The molecule has 2 aromatic rings. The number of rotatable bonds is 3. The average molecular weight is 284 g/mol. The lowest BCUT2D eigenvalue weighted by Gasteiger charge is -2.04. The first kappa shape index (κ1) is 13.8. The minimum atomic E-state index is -4.24. The first-order valence-corrected chi connectivity index (χ1v) is 6.35. The van der Waals surface area contributed by atoms with E-state index in [-0.39, 0.29) is 11.8 Å². The molecule has 0 aliphatic rings. The van der Waals surface area contributed by atoms with Gasteiger partial charge in [0.15, 0.2) is 0 Å². The van der Waals surface area contributed by atoms with Crippen LogP contribution in [0.15, 0.2) is 41.8 Å². The molecule has 0 aromatic heterocycles. The molecule has 0 saturated heterocycles. The highest BCUT2D eigenvalue weighted by Gasteiger charge is 2.26. The summed E-state index contributed by atoms with van der Waals surface area (Å²) in [7, 11) is 1.59. The molecule has 100 valence electrons. The van der Waals surface area contributed by atoms with Crippen molar-refractivity contribution in [1.82, 2.24) is 0 Å². The Morgan fingerprint density at radius 2 is 1.74 bits per heavy atom. The second-order valence-electron chi connectivity index (χ2n) is 3.84. The molecule has 2 rings (SSSR count). The fourth-order valence-corrected chi connectivity index (χ4v) is 2.04. The van der Waals surface area contributed by atoms with E-state index in [0.717, 1.165) is 27.5 Å². The predicted octanol–water partition coefficient (Wildman–Crippen LogP) is 5.07. The van der Waals surface area contributed by atoms with Gasteiger partial charge in [-0.1, -0.05) is 18.2 Å². The lowest BCUT2D eigenvalue weighted by molar-refractivity contribution is -0.0319. The zero-order chi connectivity index (χ0) is 13.9. The van der Waals surface area contributed by atoms with Gasteiger partial charge in [0.1, 0.15) is 5.75 Å². The van der Waals surface area contributed by atoms with Gasteiger partial charge in [-0.2, -0.15) is 13.2 Å². The number of hydrogen-bond acceptors (Lipinski definition) is 2. The molecule has 0 aliphatic heterocycles. The van der Waals surface area contributed by atoms with Gasteiger partial charge in [0.05, 0.1) is 7.11 Å². The lowest BCUT2D eigenvalue weighted by atomic mass is 10.1. The van der Waals surface area contributed by atoms with Crippen LogP contribution in [0.5, 0.6) is 5.75 Å². The summed E-state index contributed by atoms with van der Waals surface area (Å²) in [5.41, 5.74) is -3.50. The third-order valence-electron chi connectivity index (χ3n) is 2.53. The van der Waals surface area contributed by atoms with E-state index < -0.39 is 5.51 Å². The van der Waals surface area contributed by atoms with E-state index in [0.29, 0.717) is 0 Å². The molecule has 0 heterocycles. The molecular weight excluding hydrogens is 273 g/mol. The van der Waals surface area contributed by atoms with E-state index in [2.05, 4.69) is 0 Å². The molecule has 0 radical (unpaired) electrons. The highest BCUT2D eigenvalue weighted by Crippen LogP contribution is 2.31. The molecule has 0 bridgehead atoms. The minimum Gasteiger partial charge on any atom is -0.497 e. The zero-order valence-electron chi connectivity index (χ0n) is 10.1. The Kier molecular flexibility index (Phi) is 4.04. The standard InChI is InChI=1S/C14H11F3OS/c1-18-13-5-4-11-8-10(2-3-12(11)9-13)6-7-19-14(15,16)17/h2-9H,1H3/b7-6+. The van der Waals surface area contributed by atoms with Crippen molar-refractivity contribution in [3.8, 4) is 5.75 Å². The number of ether oxygens (including phenoxy) is 1. The van der Waals surface area contributed by atoms with Gasteiger partial charge in [-0.25, -0.2) is 0 Å². The molecule has 0 atom stereocenters. The van der Waals surface area contributed by atoms with E-state index in [4.69, 9.17) is 4.74 Å². The fraction of sp³-hybridized carbons (Fsp3) is 0.143. The van der Waals surface area contributed by atoms with Crippen molar-refractivity contribution in [2.45, 2.75) is 5.51 Å². The summed E-state index contributed by atoms with van der Waals surface area (Å²) in [5.74, 6) is 0.753. The highest BCUT2D eigenvalue weighted by atomic mass is 32.2. The lowest BCUT2D eigenvalue weighted by Crippen LogP contribution is -1.96. The molecule has 0 saturated carbocycles. The normalized spacial score (nSPS) is 12.2. The van der Waals surface area contributed by atoms with Crippen LogP contribution in [0.1, 0.15) is 5.56 Å². The number of alkyl halides is 3.